The predicted octanol–water partition coefficient (Wildman–Crippen LogP) is 2.56. The van der Waals surface area contributed by atoms with Gasteiger partial charge in [-0.2, -0.15) is 0 Å². The van der Waals surface area contributed by atoms with E-state index in [1.54, 1.807) is 0 Å². The molecule has 1 amide bonds. The van der Waals surface area contributed by atoms with Crippen molar-refractivity contribution in [2.75, 3.05) is 13.1 Å². The Bertz CT molecular complexity index is 459. The topological polar surface area (TPSA) is 32.3 Å². The van der Waals surface area contributed by atoms with Crippen LogP contribution in [0.15, 0.2) is 11.4 Å². The molecule has 0 aromatic carbocycles. The molecule has 4 heteroatoms. The molecule has 3 nitrogen and oxygen atoms in total. The van der Waals surface area contributed by atoms with E-state index in [2.05, 4.69) is 23.7 Å². The van der Waals surface area contributed by atoms with E-state index in [1.165, 1.54) is 29.7 Å². The molecule has 1 aromatic heterocycles. The van der Waals surface area contributed by atoms with Crippen LogP contribution in [0.25, 0.3) is 0 Å². The molecule has 19 heavy (non-hydrogen) atoms. The first kappa shape index (κ1) is 13.1. The van der Waals surface area contributed by atoms with E-state index in [-0.39, 0.29) is 11.4 Å². The fraction of sp³-hybridized carbons (Fsp3) is 0.667. The van der Waals surface area contributed by atoms with Crippen LogP contribution in [0.5, 0.6) is 0 Å². The van der Waals surface area contributed by atoms with Gasteiger partial charge in [-0.3, -0.25) is 4.79 Å². The van der Waals surface area contributed by atoms with Crippen LogP contribution in [-0.2, 0) is 17.8 Å². The molecule has 1 N–H and O–H groups in total. The van der Waals surface area contributed by atoms with Gasteiger partial charge in [-0.25, -0.2) is 0 Å². The maximum atomic E-state index is 12.3. The lowest BCUT2D eigenvalue weighted by Crippen LogP contribution is -2.54. The van der Waals surface area contributed by atoms with Gasteiger partial charge in [0.1, 0.15) is 0 Å². The number of thiophene rings is 1. The van der Waals surface area contributed by atoms with E-state index >= 15 is 0 Å². The van der Waals surface area contributed by atoms with E-state index in [0.717, 1.165) is 25.9 Å². The lowest BCUT2D eigenvalue weighted by molar-refractivity contribution is -0.131. The van der Waals surface area contributed by atoms with E-state index in [4.69, 9.17) is 0 Å². The lowest BCUT2D eigenvalue weighted by atomic mass is 9.75. The molecule has 2 aliphatic rings. The maximum Gasteiger partial charge on any atom is 0.236 e. The summed E-state index contributed by atoms with van der Waals surface area (Å²) in [7, 11) is 0. The Balaban J connectivity index is 1.54. The SMILES string of the molecule is CCC1(NCC(=O)N2CCc3sccc3C2)CCC1. The predicted molar refractivity (Wildman–Crippen MR) is 78.3 cm³/mol. The Morgan fingerprint density at radius 3 is 3.05 bits per heavy atom. The number of carbonyl (C=O) groups is 1. The molecule has 0 atom stereocenters. The standard InChI is InChI=1S/C15H22N2OS/c1-2-15(6-3-7-15)16-10-14(18)17-8-4-13-12(11-17)5-9-19-13/h5,9,16H,2-4,6-8,10-11H2,1H3. The largest absolute Gasteiger partial charge is 0.337 e. The molecule has 3 rings (SSSR count). The van der Waals surface area contributed by atoms with Gasteiger partial charge in [-0.1, -0.05) is 6.92 Å². The van der Waals surface area contributed by atoms with Crippen molar-refractivity contribution in [2.45, 2.75) is 51.1 Å². The van der Waals surface area contributed by atoms with Crippen LogP contribution in [0.4, 0.5) is 0 Å². The molecule has 2 heterocycles. The fourth-order valence-electron chi connectivity index (χ4n) is 3.10. The zero-order chi connectivity index (χ0) is 13.3. The van der Waals surface area contributed by atoms with Gasteiger partial charge in [0.25, 0.3) is 0 Å². The lowest BCUT2D eigenvalue weighted by Gasteiger charge is -2.42. The van der Waals surface area contributed by atoms with Gasteiger partial charge in [0, 0.05) is 23.5 Å². The van der Waals surface area contributed by atoms with E-state index in [9.17, 15) is 4.79 Å². The molecular weight excluding hydrogens is 256 g/mol. The zero-order valence-corrected chi connectivity index (χ0v) is 12.4. The first-order valence-electron chi connectivity index (χ1n) is 7.30. The van der Waals surface area contributed by atoms with Gasteiger partial charge in [-0.05, 0) is 49.1 Å². The third-order valence-corrected chi connectivity index (χ3v) is 5.79. The normalized spacial score (nSPS) is 20.8. The van der Waals surface area contributed by atoms with Crippen molar-refractivity contribution in [1.29, 1.82) is 0 Å². The quantitative estimate of drug-likeness (QED) is 0.918. The molecule has 104 valence electrons. The molecule has 1 aliphatic carbocycles. The highest BCUT2D eigenvalue weighted by Crippen LogP contribution is 2.34. The fourth-order valence-corrected chi connectivity index (χ4v) is 3.98. The highest BCUT2D eigenvalue weighted by Gasteiger charge is 2.35. The van der Waals surface area contributed by atoms with Crippen molar-refractivity contribution in [3.63, 3.8) is 0 Å². The number of rotatable bonds is 4. The van der Waals surface area contributed by atoms with Crippen molar-refractivity contribution < 1.29 is 4.79 Å². The van der Waals surface area contributed by atoms with Gasteiger partial charge in [0.05, 0.1) is 6.54 Å². The van der Waals surface area contributed by atoms with Crippen LogP contribution < -0.4 is 5.32 Å². The highest BCUT2D eigenvalue weighted by atomic mass is 32.1. The number of carbonyl (C=O) groups excluding carboxylic acids is 1. The van der Waals surface area contributed by atoms with Crippen molar-refractivity contribution in [2.24, 2.45) is 0 Å². The second-order valence-corrected chi connectivity index (χ2v) is 6.78. The number of fused-ring (bicyclic) bond motifs is 1. The molecule has 1 aromatic rings. The molecule has 0 radical (unpaired) electrons. The number of nitrogens with one attached hydrogen (secondary N) is 1. The second-order valence-electron chi connectivity index (χ2n) is 5.78. The monoisotopic (exact) mass is 278 g/mol. The summed E-state index contributed by atoms with van der Waals surface area (Å²) < 4.78 is 0. The van der Waals surface area contributed by atoms with Crippen molar-refractivity contribution in [1.82, 2.24) is 10.2 Å². The summed E-state index contributed by atoms with van der Waals surface area (Å²) in [4.78, 5) is 15.8. The Morgan fingerprint density at radius 2 is 2.37 bits per heavy atom. The minimum Gasteiger partial charge on any atom is -0.337 e. The van der Waals surface area contributed by atoms with Crippen LogP contribution >= 0.6 is 11.3 Å². The van der Waals surface area contributed by atoms with Crippen LogP contribution in [0.3, 0.4) is 0 Å². The Labute approximate surface area is 119 Å². The Morgan fingerprint density at radius 1 is 1.53 bits per heavy atom. The molecule has 1 fully saturated rings. The van der Waals surface area contributed by atoms with Crippen LogP contribution in [0.2, 0.25) is 0 Å². The summed E-state index contributed by atoms with van der Waals surface area (Å²) in [6.07, 6.45) is 5.92. The van der Waals surface area contributed by atoms with E-state index in [0.29, 0.717) is 6.54 Å². The number of hydrogen-bond donors (Lipinski definition) is 1. The summed E-state index contributed by atoms with van der Waals surface area (Å²) in [5.74, 6) is 0.261. The third kappa shape index (κ3) is 2.56. The van der Waals surface area contributed by atoms with Gasteiger partial charge in [0.2, 0.25) is 5.91 Å². The van der Waals surface area contributed by atoms with Gasteiger partial charge in [-0.15, -0.1) is 11.3 Å². The van der Waals surface area contributed by atoms with E-state index in [1.807, 2.05) is 16.2 Å². The van der Waals surface area contributed by atoms with Gasteiger partial charge >= 0.3 is 0 Å². The second kappa shape index (κ2) is 5.25. The minimum absolute atomic E-state index is 0.261. The molecule has 0 saturated heterocycles. The van der Waals surface area contributed by atoms with Gasteiger partial charge in [0.15, 0.2) is 0 Å². The molecule has 1 aliphatic heterocycles. The average molecular weight is 278 g/mol. The van der Waals surface area contributed by atoms with Gasteiger partial charge < -0.3 is 10.2 Å². The molecule has 0 bridgehead atoms. The van der Waals surface area contributed by atoms with Crippen molar-refractivity contribution in [3.8, 4) is 0 Å². The van der Waals surface area contributed by atoms with Crippen LogP contribution in [-0.4, -0.2) is 29.4 Å². The van der Waals surface area contributed by atoms with Crippen molar-refractivity contribution in [3.05, 3.63) is 21.9 Å². The number of hydrogen-bond acceptors (Lipinski definition) is 3. The summed E-state index contributed by atoms with van der Waals surface area (Å²) in [5.41, 5.74) is 1.61. The number of nitrogens with zero attached hydrogens (tertiary/aromatic N) is 1. The summed E-state index contributed by atoms with van der Waals surface area (Å²) in [6, 6.07) is 2.16. The highest BCUT2D eigenvalue weighted by molar-refractivity contribution is 7.10. The molecule has 0 unspecified atom stereocenters. The van der Waals surface area contributed by atoms with E-state index < -0.39 is 0 Å². The maximum absolute atomic E-state index is 12.3. The Kier molecular flexibility index (Phi) is 3.63. The summed E-state index contributed by atoms with van der Waals surface area (Å²) in [6.45, 7) is 4.41. The molecule has 1 saturated carbocycles. The first-order chi connectivity index (χ1) is 9.22. The summed E-state index contributed by atoms with van der Waals surface area (Å²) in [5, 5.41) is 5.64. The summed E-state index contributed by atoms with van der Waals surface area (Å²) >= 11 is 1.82. The minimum atomic E-state index is 0.261. The smallest absolute Gasteiger partial charge is 0.236 e. The number of amides is 1. The van der Waals surface area contributed by atoms with Crippen LogP contribution in [0, 0.1) is 0 Å². The Hall–Kier alpha value is -0.870. The van der Waals surface area contributed by atoms with Crippen LogP contribution in [0.1, 0.15) is 43.0 Å². The first-order valence-corrected chi connectivity index (χ1v) is 8.18. The molecule has 0 spiro atoms. The third-order valence-electron chi connectivity index (χ3n) is 4.76. The zero-order valence-electron chi connectivity index (χ0n) is 11.6. The van der Waals surface area contributed by atoms with Crippen molar-refractivity contribution >= 4 is 17.2 Å². The average Bonchev–Trinajstić information content (AvgIpc) is 2.84. The molecular formula is C15H22N2OS.